The van der Waals surface area contributed by atoms with Crippen LogP contribution in [0.5, 0.6) is 0 Å². The highest BCUT2D eigenvalue weighted by atomic mass is 32.1. The first-order valence-corrected chi connectivity index (χ1v) is 7.10. The first kappa shape index (κ1) is 13.2. The first-order valence-electron chi connectivity index (χ1n) is 6.22. The Hall–Kier alpha value is -1.19. The first-order chi connectivity index (χ1) is 8.47. The zero-order chi connectivity index (χ0) is 13.2. The minimum Gasteiger partial charge on any atom is -0.327 e. The second kappa shape index (κ2) is 5.21. The molecule has 2 nitrogen and oxygen atoms in total. The van der Waals surface area contributed by atoms with Gasteiger partial charge in [-0.15, -0.1) is 11.3 Å². The molecule has 0 aliphatic carbocycles. The standard InChI is InChI=1S/C15H20N2S/c1-15(2,3)13(16)9-14-17-12(10-18-14)11-7-5-4-6-8-11/h4-8,10,13H,9,16H2,1-3H3. The highest BCUT2D eigenvalue weighted by molar-refractivity contribution is 7.09. The molecule has 0 fully saturated rings. The van der Waals surface area contributed by atoms with Crippen LogP contribution in [0, 0.1) is 5.41 Å². The lowest BCUT2D eigenvalue weighted by Gasteiger charge is -2.26. The molecule has 0 bridgehead atoms. The molecule has 0 spiro atoms. The highest BCUT2D eigenvalue weighted by Crippen LogP contribution is 2.25. The lowest BCUT2D eigenvalue weighted by Crippen LogP contribution is -2.36. The third kappa shape index (κ3) is 3.18. The van der Waals surface area contributed by atoms with Crippen molar-refractivity contribution in [2.75, 3.05) is 0 Å². The maximum Gasteiger partial charge on any atom is 0.0948 e. The minimum atomic E-state index is 0.124. The Labute approximate surface area is 113 Å². The molecule has 0 aliphatic rings. The van der Waals surface area contributed by atoms with E-state index < -0.39 is 0 Å². The van der Waals surface area contributed by atoms with Gasteiger partial charge in [-0.25, -0.2) is 4.98 Å². The van der Waals surface area contributed by atoms with Gasteiger partial charge in [-0.1, -0.05) is 51.1 Å². The number of nitrogens with two attached hydrogens (primary N) is 1. The van der Waals surface area contributed by atoms with Gasteiger partial charge in [0, 0.05) is 23.4 Å². The van der Waals surface area contributed by atoms with Crippen molar-refractivity contribution in [3.05, 3.63) is 40.7 Å². The summed E-state index contributed by atoms with van der Waals surface area (Å²) in [6.07, 6.45) is 0.848. The van der Waals surface area contributed by atoms with Gasteiger partial charge in [-0.3, -0.25) is 0 Å². The quantitative estimate of drug-likeness (QED) is 0.913. The molecule has 2 aromatic rings. The molecule has 1 atom stereocenters. The van der Waals surface area contributed by atoms with Gasteiger partial charge in [0.2, 0.25) is 0 Å². The van der Waals surface area contributed by atoms with Crippen molar-refractivity contribution in [2.45, 2.75) is 33.2 Å². The van der Waals surface area contributed by atoms with Crippen LogP contribution in [0.1, 0.15) is 25.8 Å². The molecular formula is C15H20N2S. The molecule has 0 amide bonds. The van der Waals surface area contributed by atoms with Gasteiger partial charge >= 0.3 is 0 Å². The van der Waals surface area contributed by atoms with E-state index in [0.29, 0.717) is 0 Å². The smallest absolute Gasteiger partial charge is 0.0948 e. The molecule has 0 saturated carbocycles. The summed E-state index contributed by atoms with van der Waals surface area (Å²) < 4.78 is 0. The molecule has 18 heavy (non-hydrogen) atoms. The number of nitrogens with zero attached hydrogens (tertiary/aromatic N) is 1. The summed E-state index contributed by atoms with van der Waals surface area (Å²) in [5.41, 5.74) is 8.54. The molecule has 3 heteroatoms. The van der Waals surface area contributed by atoms with Crippen molar-refractivity contribution < 1.29 is 0 Å². The average molecular weight is 260 g/mol. The van der Waals surface area contributed by atoms with Crippen molar-refractivity contribution in [1.29, 1.82) is 0 Å². The SMILES string of the molecule is CC(C)(C)C(N)Cc1nc(-c2ccccc2)cs1. The van der Waals surface area contributed by atoms with Crippen molar-refractivity contribution in [3.63, 3.8) is 0 Å². The van der Waals surface area contributed by atoms with Crippen molar-refractivity contribution >= 4 is 11.3 Å². The second-order valence-electron chi connectivity index (χ2n) is 5.67. The fourth-order valence-corrected chi connectivity index (χ4v) is 2.50. The summed E-state index contributed by atoms with van der Waals surface area (Å²) >= 11 is 1.70. The van der Waals surface area contributed by atoms with Crippen LogP contribution < -0.4 is 5.73 Å². The van der Waals surface area contributed by atoms with Crippen LogP contribution >= 0.6 is 11.3 Å². The summed E-state index contributed by atoms with van der Waals surface area (Å²) in [4.78, 5) is 4.67. The van der Waals surface area contributed by atoms with Crippen molar-refractivity contribution in [3.8, 4) is 11.3 Å². The van der Waals surface area contributed by atoms with Crippen LogP contribution in [0.25, 0.3) is 11.3 Å². The van der Waals surface area contributed by atoms with Gasteiger partial charge in [0.05, 0.1) is 10.7 Å². The van der Waals surface area contributed by atoms with Gasteiger partial charge in [0.1, 0.15) is 0 Å². The van der Waals surface area contributed by atoms with Gasteiger partial charge < -0.3 is 5.73 Å². The molecule has 0 radical (unpaired) electrons. The normalized spacial score (nSPS) is 13.6. The summed E-state index contributed by atoms with van der Waals surface area (Å²) in [7, 11) is 0. The van der Waals surface area contributed by atoms with Crippen molar-refractivity contribution in [2.24, 2.45) is 11.1 Å². The molecule has 1 unspecified atom stereocenters. The number of benzene rings is 1. The van der Waals surface area contributed by atoms with Gasteiger partial charge in [-0.05, 0) is 5.41 Å². The van der Waals surface area contributed by atoms with E-state index in [1.54, 1.807) is 11.3 Å². The molecule has 2 rings (SSSR count). The predicted molar refractivity (Wildman–Crippen MR) is 78.7 cm³/mol. The summed E-state index contributed by atoms with van der Waals surface area (Å²) in [5.74, 6) is 0. The Morgan fingerprint density at radius 2 is 1.89 bits per heavy atom. The largest absolute Gasteiger partial charge is 0.327 e. The summed E-state index contributed by atoms with van der Waals surface area (Å²) in [6, 6.07) is 10.4. The monoisotopic (exact) mass is 260 g/mol. The fraction of sp³-hybridized carbons (Fsp3) is 0.400. The third-order valence-electron chi connectivity index (χ3n) is 3.13. The van der Waals surface area contributed by atoms with Crippen LogP contribution in [-0.4, -0.2) is 11.0 Å². The van der Waals surface area contributed by atoms with Crippen LogP contribution in [0.2, 0.25) is 0 Å². The lowest BCUT2D eigenvalue weighted by molar-refractivity contribution is 0.318. The van der Waals surface area contributed by atoms with Crippen LogP contribution in [0.4, 0.5) is 0 Å². The Kier molecular flexibility index (Phi) is 3.83. The van der Waals surface area contributed by atoms with E-state index in [2.05, 4.69) is 43.3 Å². The van der Waals surface area contributed by atoms with Gasteiger partial charge in [0.15, 0.2) is 0 Å². The highest BCUT2D eigenvalue weighted by Gasteiger charge is 2.22. The van der Waals surface area contributed by atoms with E-state index in [4.69, 9.17) is 5.73 Å². The Morgan fingerprint density at radius 3 is 2.50 bits per heavy atom. The maximum atomic E-state index is 6.20. The fourth-order valence-electron chi connectivity index (χ4n) is 1.64. The molecule has 1 aromatic carbocycles. The molecule has 0 saturated heterocycles. The van der Waals surface area contributed by atoms with Crippen LogP contribution in [-0.2, 0) is 6.42 Å². The van der Waals surface area contributed by atoms with Gasteiger partial charge in [-0.2, -0.15) is 0 Å². The third-order valence-corrected chi connectivity index (χ3v) is 4.00. The van der Waals surface area contributed by atoms with E-state index in [9.17, 15) is 0 Å². The number of hydrogen-bond donors (Lipinski definition) is 1. The Bertz CT molecular complexity index is 497. The number of aromatic nitrogens is 1. The molecule has 96 valence electrons. The predicted octanol–water partition coefficient (Wildman–Crippen LogP) is 3.73. The number of rotatable bonds is 3. The van der Waals surface area contributed by atoms with E-state index >= 15 is 0 Å². The van der Waals surface area contributed by atoms with E-state index in [0.717, 1.165) is 17.1 Å². The van der Waals surface area contributed by atoms with Gasteiger partial charge in [0.25, 0.3) is 0 Å². The van der Waals surface area contributed by atoms with E-state index in [1.165, 1.54) is 5.56 Å². The van der Waals surface area contributed by atoms with Crippen LogP contribution in [0.3, 0.4) is 0 Å². The average Bonchev–Trinajstić information content (AvgIpc) is 2.77. The Morgan fingerprint density at radius 1 is 1.22 bits per heavy atom. The minimum absolute atomic E-state index is 0.124. The topological polar surface area (TPSA) is 38.9 Å². The molecule has 1 aromatic heterocycles. The summed E-state index contributed by atoms with van der Waals surface area (Å²) in [5, 5.41) is 3.23. The number of hydrogen-bond acceptors (Lipinski definition) is 3. The number of thiazole rings is 1. The zero-order valence-electron chi connectivity index (χ0n) is 11.2. The van der Waals surface area contributed by atoms with E-state index in [1.807, 2.05) is 18.2 Å². The molecule has 0 aliphatic heterocycles. The zero-order valence-corrected chi connectivity index (χ0v) is 12.0. The van der Waals surface area contributed by atoms with Crippen LogP contribution in [0.15, 0.2) is 35.7 Å². The summed E-state index contributed by atoms with van der Waals surface area (Å²) in [6.45, 7) is 6.51. The Balaban J connectivity index is 2.12. The molecule has 2 N–H and O–H groups in total. The van der Waals surface area contributed by atoms with Crippen molar-refractivity contribution in [1.82, 2.24) is 4.98 Å². The molecule has 1 heterocycles. The molecular weight excluding hydrogens is 240 g/mol. The maximum absolute atomic E-state index is 6.20. The lowest BCUT2D eigenvalue weighted by atomic mass is 9.86. The van der Waals surface area contributed by atoms with E-state index in [-0.39, 0.29) is 11.5 Å². The second-order valence-corrected chi connectivity index (χ2v) is 6.61.